The summed E-state index contributed by atoms with van der Waals surface area (Å²) in [6.07, 6.45) is 7.95. The summed E-state index contributed by atoms with van der Waals surface area (Å²) in [4.78, 5) is 40.6. The Balaban J connectivity index is 0.000000349. The van der Waals surface area contributed by atoms with E-state index in [2.05, 4.69) is 23.8 Å². The van der Waals surface area contributed by atoms with Gasteiger partial charge in [-0.05, 0) is 61.6 Å². The Hall–Kier alpha value is -3.53. The van der Waals surface area contributed by atoms with Crippen molar-refractivity contribution in [1.29, 1.82) is 0 Å². The molecule has 0 aliphatic rings. The van der Waals surface area contributed by atoms with E-state index in [1.807, 2.05) is 36.1 Å². The molecule has 1 amide bonds. The minimum Gasteiger partial charge on any atom is -0.450 e. The molecule has 0 radical (unpaired) electrons. The Morgan fingerprint density at radius 1 is 0.788 bits per heavy atom. The lowest BCUT2D eigenvalue weighted by atomic mass is 10.0. The number of hydrogen-bond acceptors (Lipinski definition) is 6. The zero-order valence-corrected chi connectivity index (χ0v) is 19.8. The molecule has 2 rings (SSSR count). The number of unbranched alkanes of at least 4 members (excludes halogenated alkanes) is 2. The molecule has 0 N–H and O–H groups in total. The minimum absolute atomic E-state index is 0.158. The molecule has 33 heavy (non-hydrogen) atoms. The van der Waals surface area contributed by atoms with Crippen LogP contribution in [0.3, 0.4) is 0 Å². The van der Waals surface area contributed by atoms with Crippen molar-refractivity contribution >= 4 is 29.6 Å². The lowest BCUT2D eigenvalue weighted by molar-refractivity contribution is 0.106. The fraction of sp³-hybridized carbons (Fsp3) is 0.423. The molecule has 0 saturated heterocycles. The monoisotopic (exact) mass is 451 g/mol. The van der Waals surface area contributed by atoms with Gasteiger partial charge in [0, 0.05) is 13.1 Å². The van der Waals surface area contributed by atoms with Gasteiger partial charge in [-0.3, -0.25) is 0 Å². The van der Waals surface area contributed by atoms with Crippen LogP contribution in [0.5, 0.6) is 0 Å². The van der Waals surface area contributed by atoms with Gasteiger partial charge in [0.25, 0.3) is 0 Å². The van der Waals surface area contributed by atoms with Crippen LogP contribution in [0.2, 0.25) is 0 Å². The first-order chi connectivity index (χ1) is 16.1. The maximum Gasteiger partial charge on any atom is 0.409 e. The normalized spacial score (nSPS) is 9.55. The minimum atomic E-state index is -0.158. The fourth-order valence-electron chi connectivity index (χ4n) is 2.92. The predicted octanol–water partition coefficient (Wildman–Crippen LogP) is 6.26. The maximum atomic E-state index is 11.5. The van der Waals surface area contributed by atoms with Gasteiger partial charge in [-0.15, -0.1) is 0 Å². The van der Waals surface area contributed by atoms with Gasteiger partial charge in [-0.1, -0.05) is 51.0 Å². The molecule has 176 valence electrons. The summed E-state index contributed by atoms with van der Waals surface area (Å²) < 4.78 is 4.99. The summed E-state index contributed by atoms with van der Waals surface area (Å²) in [6, 6.07) is 14.7. The Morgan fingerprint density at radius 2 is 1.21 bits per heavy atom. The van der Waals surface area contributed by atoms with E-state index < -0.39 is 0 Å². The Morgan fingerprint density at radius 3 is 1.55 bits per heavy atom. The third-order valence-electron chi connectivity index (χ3n) is 4.72. The molecule has 7 nitrogen and oxygen atoms in total. The summed E-state index contributed by atoms with van der Waals surface area (Å²) in [5.74, 6) is 0. The molecule has 0 aromatic heterocycles. The van der Waals surface area contributed by atoms with E-state index >= 15 is 0 Å². The van der Waals surface area contributed by atoms with E-state index in [-0.39, 0.29) is 6.09 Å². The third-order valence-corrected chi connectivity index (χ3v) is 4.72. The second kappa shape index (κ2) is 17.1. The number of rotatable bonds is 11. The largest absolute Gasteiger partial charge is 0.450 e. The van der Waals surface area contributed by atoms with Crippen molar-refractivity contribution in [2.75, 3.05) is 19.7 Å². The summed E-state index contributed by atoms with van der Waals surface area (Å²) in [5, 5.41) is 0. The first-order valence-electron chi connectivity index (χ1n) is 11.3. The number of ether oxygens (including phenoxy) is 1. The van der Waals surface area contributed by atoms with Crippen molar-refractivity contribution < 1.29 is 19.1 Å². The van der Waals surface area contributed by atoms with Crippen LogP contribution in [-0.4, -0.2) is 42.8 Å². The summed E-state index contributed by atoms with van der Waals surface area (Å²) in [7, 11) is 0. The highest BCUT2D eigenvalue weighted by Crippen LogP contribution is 2.17. The molecule has 0 aliphatic carbocycles. The Kier molecular flexibility index (Phi) is 14.2. The van der Waals surface area contributed by atoms with E-state index in [0.717, 1.165) is 56.3 Å². The van der Waals surface area contributed by atoms with Gasteiger partial charge in [0.15, 0.2) is 0 Å². The quantitative estimate of drug-likeness (QED) is 0.298. The van der Waals surface area contributed by atoms with E-state index in [0.29, 0.717) is 18.0 Å². The van der Waals surface area contributed by atoms with Crippen molar-refractivity contribution in [3.63, 3.8) is 0 Å². The number of nitrogens with zero attached hydrogens (tertiary/aromatic N) is 3. The fourth-order valence-corrected chi connectivity index (χ4v) is 2.92. The van der Waals surface area contributed by atoms with Gasteiger partial charge in [0.2, 0.25) is 12.2 Å². The zero-order chi connectivity index (χ0) is 24.3. The average molecular weight is 452 g/mol. The Bertz CT molecular complexity index is 846. The molecule has 0 spiro atoms. The average Bonchev–Trinajstić information content (AvgIpc) is 2.83. The van der Waals surface area contributed by atoms with Gasteiger partial charge in [0.05, 0.1) is 18.0 Å². The van der Waals surface area contributed by atoms with Crippen LogP contribution in [0.25, 0.3) is 0 Å². The van der Waals surface area contributed by atoms with Gasteiger partial charge >= 0.3 is 6.09 Å². The predicted molar refractivity (Wildman–Crippen MR) is 130 cm³/mol. The van der Waals surface area contributed by atoms with Crippen molar-refractivity contribution in [3.05, 3.63) is 59.7 Å². The standard InChI is InChI=1S/C15H10N2O2.C11H23NO2/c18-10-16-14-5-1-12(2-6-14)9-13-3-7-15(8-4-13)17-11-19;1-4-7-9-12(10-8-5-2)11(13)14-6-3/h1-8H,9H2;4-10H2,1-3H3. The first-order valence-corrected chi connectivity index (χ1v) is 11.3. The van der Waals surface area contributed by atoms with Gasteiger partial charge in [-0.2, -0.15) is 9.98 Å². The Labute approximate surface area is 196 Å². The van der Waals surface area contributed by atoms with Crippen molar-refractivity contribution in [1.82, 2.24) is 4.90 Å². The van der Waals surface area contributed by atoms with Crippen molar-refractivity contribution in [2.45, 2.75) is 52.9 Å². The van der Waals surface area contributed by atoms with Crippen LogP contribution >= 0.6 is 0 Å². The molecular weight excluding hydrogens is 418 g/mol. The van der Waals surface area contributed by atoms with Crippen molar-refractivity contribution in [3.8, 4) is 0 Å². The summed E-state index contributed by atoms with van der Waals surface area (Å²) in [6.45, 7) is 8.22. The second-order valence-corrected chi connectivity index (χ2v) is 7.31. The molecule has 0 atom stereocenters. The summed E-state index contributed by atoms with van der Waals surface area (Å²) in [5.41, 5.74) is 3.40. The third kappa shape index (κ3) is 11.6. The number of carbonyl (C=O) groups excluding carboxylic acids is 3. The number of carbonyl (C=O) groups is 1. The molecule has 0 saturated carbocycles. The highest BCUT2D eigenvalue weighted by molar-refractivity contribution is 5.67. The van der Waals surface area contributed by atoms with Crippen molar-refractivity contribution in [2.24, 2.45) is 9.98 Å². The molecule has 0 aliphatic heterocycles. The number of aliphatic imine (C=N–C) groups is 2. The molecule has 0 unspecified atom stereocenters. The van der Waals surface area contributed by atoms with Crippen LogP contribution in [-0.2, 0) is 20.7 Å². The smallest absolute Gasteiger partial charge is 0.409 e. The lowest BCUT2D eigenvalue weighted by Crippen LogP contribution is -2.33. The van der Waals surface area contributed by atoms with Crippen LogP contribution < -0.4 is 0 Å². The molecule has 0 bridgehead atoms. The molecular formula is C26H33N3O4. The highest BCUT2D eigenvalue weighted by atomic mass is 16.6. The molecule has 0 heterocycles. The number of hydrogen-bond donors (Lipinski definition) is 0. The second-order valence-electron chi connectivity index (χ2n) is 7.31. The maximum absolute atomic E-state index is 11.5. The van der Waals surface area contributed by atoms with Gasteiger partial charge in [-0.25, -0.2) is 14.4 Å². The lowest BCUT2D eigenvalue weighted by Gasteiger charge is -2.21. The first kappa shape index (κ1) is 27.5. The van der Waals surface area contributed by atoms with E-state index in [1.54, 1.807) is 24.3 Å². The SMILES string of the molecule is CCCCN(CCCC)C(=O)OCC.O=C=Nc1ccc(Cc2ccc(N=C=O)cc2)cc1. The number of amides is 1. The number of isocyanates is 2. The topological polar surface area (TPSA) is 88.4 Å². The zero-order valence-electron chi connectivity index (χ0n) is 19.8. The molecule has 2 aromatic rings. The van der Waals surface area contributed by atoms with E-state index in [9.17, 15) is 14.4 Å². The van der Waals surface area contributed by atoms with Crippen LogP contribution in [0, 0.1) is 0 Å². The number of benzene rings is 2. The van der Waals surface area contributed by atoms with Crippen LogP contribution in [0.4, 0.5) is 16.2 Å². The molecule has 2 aromatic carbocycles. The molecule has 0 fully saturated rings. The highest BCUT2D eigenvalue weighted by Gasteiger charge is 2.12. The van der Waals surface area contributed by atoms with Gasteiger partial charge < -0.3 is 9.64 Å². The van der Waals surface area contributed by atoms with E-state index in [4.69, 9.17) is 4.74 Å². The summed E-state index contributed by atoms with van der Waals surface area (Å²) >= 11 is 0. The molecule has 7 heteroatoms. The van der Waals surface area contributed by atoms with E-state index in [1.165, 1.54) is 12.2 Å². The van der Waals surface area contributed by atoms with Gasteiger partial charge in [0.1, 0.15) is 0 Å². The van der Waals surface area contributed by atoms with Crippen LogP contribution in [0.1, 0.15) is 57.6 Å². The van der Waals surface area contributed by atoms with Crippen LogP contribution in [0.15, 0.2) is 58.5 Å².